The first-order chi connectivity index (χ1) is 17.9. The van der Waals surface area contributed by atoms with E-state index in [9.17, 15) is 14.4 Å². The van der Waals surface area contributed by atoms with Gasteiger partial charge in [0.05, 0.1) is 6.54 Å². The van der Waals surface area contributed by atoms with E-state index in [4.69, 9.17) is 37.2 Å². The lowest BCUT2D eigenvalue weighted by atomic mass is 9.99. The van der Waals surface area contributed by atoms with Gasteiger partial charge < -0.3 is 14.0 Å². The van der Waals surface area contributed by atoms with Crippen LogP contribution in [0.1, 0.15) is 58.1 Å². The second kappa shape index (κ2) is 13.0. The highest BCUT2D eigenvalue weighted by Gasteiger charge is 2.20. The van der Waals surface area contributed by atoms with Crippen LogP contribution < -0.4 is 16.2 Å². The summed E-state index contributed by atoms with van der Waals surface area (Å²) in [4.78, 5) is 37.1. The predicted octanol–water partition coefficient (Wildman–Crippen LogP) is 6.10. The van der Waals surface area contributed by atoms with Gasteiger partial charge in [0.25, 0.3) is 0 Å². The first-order valence-corrected chi connectivity index (χ1v) is 13.1. The minimum absolute atomic E-state index is 0.0283. The number of hydrogen-bond donors (Lipinski definition) is 0. The Bertz CT molecular complexity index is 1390. The average Bonchev–Trinajstić information content (AvgIpc) is 3.09. The number of esters is 1. The molecule has 1 heterocycles. The third-order valence-corrected chi connectivity index (χ3v) is 5.83. The first kappa shape index (κ1) is 29.3. The number of ether oxygens (including phenoxy) is 2. The summed E-state index contributed by atoms with van der Waals surface area (Å²) in [6, 6.07) is 12.9. The molecule has 0 aliphatic heterocycles. The Hall–Kier alpha value is -3.23. The molecular weight excluding hydrogens is 531 g/mol. The van der Waals surface area contributed by atoms with Crippen molar-refractivity contribution in [1.82, 2.24) is 9.31 Å². The number of halogens is 2. The second-order valence-corrected chi connectivity index (χ2v) is 10.7. The van der Waals surface area contributed by atoms with E-state index in [1.807, 2.05) is 30.3 Å². The summed E-state index contributed by atoms with van der Waals surface area (Å²) in [5.41, 5.74) is 1.28. The summed E-state index contributed by atoms with van der Waals surface area (Å²) in [5, 5.41) is 1.08. The maximum absolute atomic E-state index is 12.7. The van der Waals surface area contributed by atoms with Gasteiger partial charge in [0.2, 0.25) is 0 Å². The average molecular weight is 563 g/mol. The zero-order valence-electron chi connectivity index (χ0n) is 22.0. The van der Waals surface area contributed by atoms with Crippen molar-refractivity contribution in [3.8, 4) is 5.75 Å². The SMILES string of the molecule is CCCC/C(=C\Cn1oc(=O)n(CC(=O)OC(C)(C)C)c1=O)c1cccc(OCc2cc(Cl)cc(Cl)c2)c1. The Balaban J connectivity index is 1.78. The molecule has 0 radical (unpaired) electrons. The van der Waals surface area contributed by atoms with Crippen molar-refractivity contribution in [1.29, 1.82) is 0 Å². The van der Waals surface area contributed by atoms with Gasteiger partial charge in [-0.3, -0.25) is 4.79 Å². The topological polar surface area (TPSA) is 92.7 Å². The van der Waals surface area contributed by atoms with Crippen LogP contribution >= 0.6 is 23.2 Å². The summed E-state index contributed by atoms with van der Waals surface area (Å²) in [6.07, 6.45) is 4.50. The molecule has 38 heavy (non-hydrogen) atoms. The van der Waals surface area contributed by atoms with Crippen molar-refractivity contribution in [2.24, 2.45) is 0 Å². The third kappa shape index (κ3) is 8.67. The van der Waals surface area contributed by atoms with Gasteiger partial charge in [-0.15, -0.1) is 4.74 Å². The number of hydrogen-bond acceptors (Lipinski definition) is 6. The van der Waals surface area contributed by atoms with Gasteiger partial charge in [-0.05, 0) is 80.6 Å². The molecule has 0 atom stereocenters. The summed E-state index contributed by atoms with van der Waals surface area (Å²) < 4.78 is 17.9. The van der Waals surface area contributed by atoms with Gasteiger partial charge in [-0.25, -0.2) is 14.2 Å². The second-order valence-electron chi connectivity index (χ2n) is 9.80. The summed E-state index contributed by atoms with van der Waals surface area (Å²) >= 11 is 12.2. The molecule has 0 amide bonds. The Morgan fingerprint density at radius 2 is 1.79 bits per heavy atom. The Morgan fingerprint density at radius 3 is 2.45 bits per heavy atom. The van der Waals surface area contributed by atoms with Crippen LogP contribution in [0.3, 0.4) is 0 Å². The van der Waals surface area contributed by atoms with E-state index in [0.717, 1.165) is 45.3 Å². The highest BCUT2D eigenvalue weighted by molar-refractivity contribution is 6.34. The van der Waals surface area contributed by atoms with Crippen molar-refractivity contribution >= 4 is 34.7 Å². The highest BCUT2D eigenvalue weighted by atomic mass is 35.5. The van der Waals surface area contributed by atoms with Crippen LogP contribution in [0.15, 0.2) is 62.7 Å². The number of carbonyl (C=O) groups excluding carboxylic acids is 1. The van der Waals surface area contributed by atoms with Gasteiger partial charge in [-0.2, -0.15) is 0 Å². The molecule has 0 bridgehead atoms. The molecule has 0 unspecified atom stereocenters. The minimum atomic E-state index is -0.916. The number of benzene rings is 2. The zero-order valence-corrected chi connectivity index (χ0v) is 23.5. The quantitative estimate of drug-likeness (QED) is 0.262. The van der Waals surface area contributed by atoms with Gasteiger partial charge in [0, 0.05) is 10.0 Å². The van der Waals surface area contributed by atoms with Gasteiger partial charge in [0.1, 0.15) is 24.5 Å². The monoisotopic (exact) mass is 562 g/mol. The lowest BCUT2D eigenvalue weighted by molar-refractivity contribution is -0.155. The molecule has 0 saturated carbocycles. The fourth-order valence-corrected chi connectivity index (χ4v) is 4.29. The number of rotatable bonds is 11. The van der Waals surface area contributed by atoms with Crippen LogP contribution in [0.4, 0.5) is 0 Å². The maximum atomic E-state index is 12.7. The van der Waals surface area contributed by atoms with E-state index in [2.05, 4.69) is 6.92 Å². The minimum Gasteiger partial charge on any atom is -0.489 e. The van der Waals surface area contributed by atoms with E-state index in [1.54, 1.807) is 39.0 Å². The van der Waals surface area contributed by atoms with Crippen LogP contribution in [-0.4, -0.2) is 20.9 Å². The normalized spacial score (nSPS) is 12.0. The zero-order chi connectivity index (χ0) is 27.9. The molecule has 0 saturated heterocycles. The van der Waals surface area contributed by atoms with Crippen LogP contribution in [-0.2, 0) is 29.2 Å². The molecular formula is C28H32Cl2N2O6. The molecule has 204 valence electrons. The van der Waals surface area contributed by atoms with Gasteiger partial charge >= 0.3 is 17.4 Å². The number of allylic oxidation sites excluding steroid dienone is 2. The first-order valence-electron chi connectivity index (χ1n) is 12.3. The van der Waals surface area contributed by atoms with Gasteiger partial charge in [0.15, 0.2) is 0 Å². The van der Waals surface area contributed by atoms with Crippen molar-refractivity contribution < 1.29 is 18.8 Å². The molecule has 1 aromatic heterocycles. The number of aromatic nitrogens is 2. The lowest BCUT2D eigenvalue weighted by Gasteiger charge is -2.18. The van der Waals surface area contributed by atoms with Crippen LogP contribution in [0.2, 0.25) is 10.0 Å². The lowest BCUT2D eigenvalue weighted by Crippen LogP contribution is -2.35. The van der Waals surface area contributed by atoms with Crippen LogP contribution in [0.25, 0.3) is 5.57 Å². The Labute approximate surface area is 231 Å². The molecule has 3 aromatic rings. The molecule has 0 aliphatic carbocycles. The molecule has 3 rings (SSSR count). The number of carbonyl (C=O) groups is 1. The molecule has 0 spiro atoms. The van der Waals surface area contributed by atoms with Crippen LogP contribution in [0.5, 0.6) is 5.75 Å². The summed E-state index contributed by atoms with van der Waals surface area (Å²) in [7, 11) is 0. The Morgan fingerprint density at radius 1 is 1.08 bits per heavy atom. The fraction of sp³-hybridized carbons (Fsp3) is 0.393. The molecule has 0 N–H and O–H groups in total. The van der Waals surface area contributed by atoms with E-state index in [-0.39, 0.29) is 6.54 Å². The predicted molar refractivity (Wildman–Crippen MR) is 148 cm³/mol. The molecule has 0 aliphatic rings. The molecule has 8 nitrogen and oxygen atoms in total. The van der Waals surface area contributed by atoms with Crippen molar-refractivity contribution in [2.75, 3.05) is 0 Å². The Kier molecular flexibility index (Phi) is 10.1. The largest absolute Gasteiger partial charge is 0.489 e. The van der Waals surface area contributed by atoms with Crippen LogP contribution in [0, 0.1) is 0 Å². The van der Waals surface area contributed by atoms with Gasteiger partial charge in [-0.1, -0.05) is 54.8 Å². The summed E-state index contributed by atoms with van der Waals surface area (Å²) in [6.45, 7) is 7.01. The standard InChI is InChI=1S/C28H32Cl2N2O6/c1-5-6-8-20(11-12-32-26(34)31(27(35)38-32)17-25(33)37-28(2,3)4)21-9-7-10-24(15-21)36-18-19-13-22(29)16-23(30)14-19/h7,9-11,13-16H,5-6,8,12,17-18H2,1-4H3/b20-11+. The van der Waals surface area contributed by atoms with E-state index >= 15 is 0 Å². The van der Waals surface area contributed by atoms with E-state index in [0.29, 0.717) is 22.4 Å². The number of nitrogens with zero attached hydrogens (tertiary/aromatic N) is 2. The smallest absolute Gasteiger partial charge is 0.443 e. The summed E-state index contributed by atoms with van der Waals surface area (Å²) in [5.74, 6) is -0.949. The van der Waals surface area contributed by atoms with Crippen molar-refractivity contribution in [3.05, 3.63) is 90.7 Å². The molecule has 10 heteroatoms. The van der Waals surface area contributed by atoms with Crippen molar-refractivity contribution in [2.45, 2.75) is 72.3 Å². The van der Waals surface area contributed by atoms with E-state index in [1.165, 1.54) is 0 Å². The highest BCUT2D eigenvalue weighted by Crippen LogP contribution is 2.26. The maximum Gasteiger partial charge on any atom is 0.443 e. The third-order valence-electron chi connectivity index (χ3n) is 5.40. The fourth-order valence-electron chi connectivity index (χ4n) is 3.72. The number of unbranched alkanes of at least 4 members (excludes halogenated alkanes) is 1. The van der Waals surface area contributed by atoms with E-state index < -0.39 is 29.6 Å². The molecule has 2 aromatic carbocycles. The van der Waals surface area contributed by atoms with Crippen molar-refractivity contribution in [3.63, 3.8) is 0 Å². The molecule has 0 fully saturated rings.